The van der Waals surface area contributed by atoms with Crippen molar-refractivity contribution in [3.63, 3.8) is 0 Å². The molecule has 6 heterocycles. The van der Waals surface area contributed by atoms with Gasteiger partial charge in [-0.1, -0.05) is 19.9 Å². The first-order valence-corrected chi connectivity index (χ1v) is 20.9. The second-order valence-electron chi connectivity index (χ2n) is 16.3. The number of carbonyl (C=O) groups is 3. The number of hydrogen-bond donors (Lipinski definition) is 2. The number of aryl methyl sites for hydroxylation is 1. The minimum absolute atomic E-state index is 0.165. The third-order valence-electron chi connectivity index (χ3n) is 11.4. The maximum absolute atomic E-state index is 14.4. The summed E-state index contributed by atoms with van der Waals surface area (Å²) < 4.78 is 19.7. The quantitative estimate of drug-likeness (QED) is 0.244. The Labute approximate surface area is 338 Å². The minimum Gasteiger partial charge on any atom is -0.464 e. The van der Waals surface area contributed by atoms with Gasteiger partial charge in [0.25, 0.3) is 5.91 Å². The number of likely N-dealkylation sites (N-methyl/N-ethyl adjacent to an activating group) is 1. The van der Waals surface area contributed by atoms with Gasteiger partial charge in [0.1, 0.15) is 12.1 Å². The molecule has 0 saturated carbocycles. The number of aromatic nitrogens is 3. The van der Waals surface area contributed by atoms with Gasteiger partial charge in [-0.2, -0.15) is 0 Å². The summed E-state index contributed by atoms with van der Waals surface area (Å²) in [5, 5.41) is 8.37. The van der Waals surface area contributed by atoms with E-state index in [1.807, 2.05) is 25.4 Å². The van der Waals surface area contributed by atoms with Crippen LogP contribution >= 0.6 is 11.3 Å². The highest BCUT2D eigenvalue weighted by molar-refractivity contribution is 7.10. The van der Waals surface area contributed by atoms with Crippen LogP contribution in [0.15, 0.2) is 41.9 Å². The van der Waals surface area contributed by atoms with Crippen LogP contribution in [-0.2, 0) is 43.2 Å². The Bertz CT molecular complexity index is 2100. The number of methoxy groups -OCH3 is 2. The molecule has 7 rings (SSSR count). The maximum atomic E-state index is 14.4. The van der Waals surface area contributed by atoms with Crippen LogP contribution in [0, 0.1) is 5.41 Å². The number of carbonyl (C=O) groups excluding carboxylic acids is 3. The first-order chi connectivity index (χ1) is 27.4. The molecule has 0 spiro atoms. The molecule has 57 heavy (non-hydrogen) atoms. The van der Waals surface area contributed by atoms with Gasteiger partial charge < -0.3 is 33.9 Å². The lowest BCUT2D eigenvalue weighted by Gasteiger charge is -2.40. The molecule has 15 heteroatoms. The number of hydrogen-bond acceptors (Lipinski definition) is 11. The number of benzene rings is 1. The van der Waals surface area contributed by atoms with Gasteiger partial charge in [0, 0.05) is 92.4 Å². The molecule has 1 aromatic carbocycles. The van der Waals surface area contributed by atoms with Crippen molar-refractivity contribution >= 4 is 40.1 Å². The fraction of sp³-hybridized carbons (Fsp3) is 0.548. The fourth-order valence-corrected chi connectivity index (χ4v) is 9.26. The fourth-order valence-electron chi connectivity index (χ4n) is 8.41. The lowest BCUT2D eigenvalue weighted by atomic mass is 9.84. The number of piperazine rings is 1. The topological polar surface area (TPSA) is 143 Å². The third-order valence-corrected chi connectivity index (χ3v) is 12.3. The number of fused-ring (bicyclic) bond motifs is 6. The molecule has 3 aliphatic rings. The number of amides is 3. The number of cyclic esters (lactones) is 1. The summed E-state index contributed by atoms with van der Waals surface area (Å²) in [6.07, 6.45) is 3.50. The SMILES string of the molecule is CCn1c(-c2cccnc2[C@H](C)OC)c2c3cc(ccc31)-c1csc(n1)C[C@H](NC(=O)N1CCN(C)C[C@@H]1COC)C(=O)N1CCC[C@H](N1)C(=O)OCC(C)(C)C2. The van der Waals surface area contributed by atoms with Crippen LogP contribution in [0.1, 0.15) is 62.9 Å². The Morgan fingerprint density at radius 2 is 2.00 bits per heavy atom. The largest absolute Gasteiger partial charge is 0.464 e. The molecule has 3 aliphatic heterocycles. The number of esters is 1. The average Bonchev–Trinajstić information content (AvgIpc) is 3.80. The Morgan fingerprint density at radius 3 is 2.77 bits per heavy atom. The summed E-state index contributed by atoms with van der Waals surface area (Å²) in [7, 11) is 5.35. The molecule has 4 atom stereocenters. The first kappa shape index (κ1) is 40.8. The number of pyridine rings is 1. The monoisotopic (exact) mass is 800 g/mol. The van der Waals surface area contributed by atoms with E-state index < -0.39 is 23.5 Å². The molecule has 3 amide bonds. The van der Waals surface area contributed by atoms with Crippen molar-refractivity contribution in [1.29, 1.82) is 0 Å². The summed E-state index contributed by atoms with van der Waals surface area (Å²) in [4.78, 5) is 55.9. The van der Waals surface area contributed by atoms with E-state index in [1.54, 1.807) is 25.3 Å². The van der Waals surface area contributed by atoms with Gasteiger partial charge in [-0.15, -0.1) is 11.3 Å². The van der Waals surface area contributed by atoms with Gasteiger partial charge in [0.05, 0.1) is 47.4 Å². The van der Waals surface area contributed by atoms with Crippen molar-refractivity contribution in [3.05, 3.63) is 58.2 Å². The third kappa shape index (κ3) is 8.58. The van der Waals surface area contributed by atoms with Crippen LogP contribution in [0.2, 0.25) is 0 Å². The molecule has 2 N–H and O–H groups in total. The molecule has 4 aromatic rings. The molecular formula is C42H56N8O6S. The van der Waals surface area contributed by atoms with Crippen LogP contribution in [0.3, 0.4) is 0 Å². The van der Waals surface area contributed by atoms with Crippen LogP contribution in [0.4, 0.5) is 4.79 Å². The van der Waals surface area contributed by atoms with Gasteiger partial charge in [0.15, 0.2) is 0 Å². The molecule has 6 bridgehead atoms. The lowest BCUT2D eigenvalue weighted by Crippen LogP contribution is -2.63. The number of urea groups is 1. The highest BCUT2D eigenvalue weighted by atomic mass is 32.1. The number of nitrogens with zero attached hydrogens (tertiary/aromatic N) is 6. The van der Waals surface area contributed by atoms with Crippen LogP contribution in [0.25, 0.3) is 33.4 Å². The molecular weight excluding hydrogens is 745 g/mol. The van der Waals surface area contributed by atoms with Crippen LogP contribution in [0.5, 0.6) is 0 Å². The second-order valence-corrected chi connectivity index (χ2v) is 17.2. The second kappa shape index (κ2) is 17.2. The number of hydrazine groups is 1. The zero-order valence-corrected chi connectivity index (χ0v) is 35.0. The van der Waals surface area contributed by atoms with E-state index in [0.717, 1.165) is 51.2 Å². The normalized spacial score (nSPS) is 22.6. The van der Waals surface area contributed by atoms with Crippen molar-refractivity contribution in [2.45, 2.75) is 84.2 Å². The number of rotatable bonds is 7. The Kier molecular flexibility index (Phi) is 12.3. The standard InChI is InChI=1S/C42H56N8O6S/c1-8-48-35-14-13-27-19-30(35)31(38(48)29-11-9-15-43-37(29)26(2)55-7)21-42(3,4)25-56-40(52)32-12-10-16-50(46-32)39(51)33(20-36-44-34(27)24-57-36)45-41(53)49-18-17-47(5)22-28(49)23-54-6/h9,11,13-15,19,24,26,28,32-33,46H,8,10,12,16-18,20-23,25H2,1-7H3,(H,45,53)/t26-,28+,32-,33-/m0/s1. The minimum atomic E-state index is -0.933. The molecule has 0 radical (unpaired) electrons. The summed E-state index contributed by atoms with van der Waals surface area (Å²) in [6.45, 7) is 11.9. The van der Waals surface area contributed by atoms with E-state index in [-0.39, 0.29) is 37.1 Å². The predicted octanol–water partition coefficient (Wildman–Crippen LogP) is 5.06. The number of thiazole rings is 1. The molecule has 306 valence electrons. The van der Waals surface area contributed by atoms with Crippen LogP contribution in [-0.4, -0.2) is 126 Å². The van der Waals surface area contributed by atoms with Crippen molar-refractivity contribution in [2.75, 3.05) is 60.7 Å². The zero-order valence-electron chi connectivity index (χ0n) is 34.2. The molecule has 2 fully saturated rings. The average molecular weight is 801 g/mol. The van der Waals surface area contributed by atoms with Gasteiger partial charge in [0.2, 0.25) is 0 Å². The van der Waals surface area contributed by atoms with Gasteiger partial charge in [-0.25, -0.2) is 15.2 Å². The lowest BCUT2D eigenvalue weighted by molar-refractivity contribution is -0.155. The van der Waals surface area contributed by atoms with E-state index in [1.165, 1.54) is 16.3 Å². The Morgan fingerprint density at radius 1 is 1.18 bits per heavy atom. The number of ether oxygens (including phenoxy) is 3. The highest BCUT2D eigenvalue weighted by Crippen LogP contribution is 2.42. The Hall–Kier alpha value is -4.41. The van der Waals surface area contributed by atoms with E-state index in [2.05, 4.69) is 65.2 Å². The number of nitrogens with one attached hydrogen (secondary N) is 2. The molecule has 14 nitrogen and oxygen atoms in total. The summed E-state index contributed by atoms with van der Waals surface area (Å²) in [5.74, 6) is -0.734. The summed E-state index contributed by atoms with van der Waals surface area (Å²) in [6, 6.07) is 8.39. The zero-order chi connectivity index (χ0) is 40.4. The van der Waals surface area contributed by atoms with E-state index >= 15 is 0 Å². The van der Waals surface area contributed by atoms with Crippen molar-refractivity contribution in [2.24, 2.45) is 5.41 Å². The highest BCUT2D eigenvalue weighted by Gasteiger charge is 2.37. The molecule has 0 aliphatic carbocycles. The first-order valence-electron chi connectivity index (χ1n) is 20.0. The molecule has 0 unspecified atom stereocenters. The van der Waals surface area contributed by atoms with Crippen molar-refractivity contribution < 1.29 is 28.6 Å². The van der Waals surface area contributed by atoms with E-state index in [0.29, 0.717) is 57.1 Å². The van der Waals surface area contributed by atoms with Crippen LogP contribution < -0.4 is 10.7 Å². The van der Waals surface area contributed by atoms with Gasteiger partial charge >= 0.3 is 12.0 Å². The molecule has 3 aromatic heterocycles. The smallest absolute Gasteiger partial charge is 0.324 e. The van der Waals surface area contributed by atoms with Crippen molar-refractivity contribution in [1.82, 2.24) is 40.1 Å². The summed E-state index contributed by atoms with van der Waals surface area (Å²) >= 11 is 1.47. The summed E-state index contributed by atoms with van der Waals surface area (Å²) in [5.41, 5.74) is 9.58. The van der Waals surface area contributed by atoms with Gasteiger partial charge in [-0.3, -0.25) is 19.6 Å². The van der Waals surface area contributed by atoms with E-state index in [9.17, 15) is 14.4 Å². The van der Waals surface area contributed by atoms with Gasteiger partial charge in [-0.05, 0) is 70.0 Å². The Balaban J connectivity index is 1.32. The van der Waals surface area contributed by atoms with E-state index in [4.69, 9.17) is 24.2 Å². The maximum Gasteiger partial charge on any atom is 0.324 e. The van der Waals surface area contributed by atoms with Crippen molar-refractivity contribution in [3.8, 4) is 22.5 Å². The predicted molar refractivity (Wildman–Crippen MR) is 220 cm³/mol. The molecule has 2 saturated heterocycles.